The molecule has 0 saturated carbocycles. The number of aromatic nitrogens is 4. The summed E-state index contributed by atoms with van der Waals surface area (Å²) in [6.45, 7) is 4.58. The summed E-state index contributed by atoms with van der Waals surface area (Å²) < 4.78 is 5.75. The molecule has 158 valence electrons. The van der Waals surface area contributed by atoms with E-state index in [4.69, 9.17) is 4.74 Å². The van der Waals surface area contributed by atoms with Gasteiger partial charge in [-0.25, -0.2) is 4.98 Å². The minimum absolute atomic E-state index is 0.146. The van der Waals surface area contributed by atoms with Crippen LogP contribution in [0.5, 0.6) is 0 Å². The van der Waals surface area contributed by atoms with Crippen molar-refractivity contribution in [3.8, 4) is 11.3 Å². The molecule has 1 aromatic carbocycles. The van der Waals surface area contributed by atoms with Gasteiger partial charge in [0.15, 0.2) is 0 Å². The van der Waals surface area contributed by atoms with Crippen molar-refractivity contribution in [3.63, 3.8) is 0 Å². The number of fused-ring (bicyclic) bond motifs is 1. The molecule has 4 aromatic rings. The van der Waals surface area contributed by atoms with E-state index in [9.17, 15) is 4.79 Å². The van der Waals surface area contributed by atoms with E-state index in [1.54, 1.807) is 23.7 Å². The minimum atomic E-state index is -0.520. The maximum Gasteiger partial charge on any atom is 0.254 e. The van der Waals surface area contributed by atoms with Gasteiger partial charge in [-0.2, -0.15) is 5.10 Å². The molecule has 1 fully saturated rings. The summed E-state index contributed by atoms with van der Waals surface area (Å²) in [5.74, 6) is -0.146. The van der Waals surface area contributed by atoms with Crippen molar-refractivity contribution < 1.29 is 9.53 Å². The van der Waals surface area contributed by atoms with Gasteiger partial charge in [0.05, 0.1) is 22.8 Å². The highest BCUT2D eigenvalue weighted by Crippen LogP contribution is 2.28. The predicted octanol–water partition coefficient (Wildman–Crippen LogP) is 3.23. The van der Waals surface area contributed by atoms with Gasteiger partial charge < -0.3 is 10.1 Å². The zero-order valence-corrected chi connectivity index (χ0v) is 17.9. The number of rotatable bonds is 5. The topological polar surface area (TPSA) is 96.0 Å². The van der Waals surface area contributed by atoms with Crippen molar-refractivity contribution in [2.45, 2.75) is 19.6 Å². The van der Waals surface area contributed by atoms with Crippen molar-refractivity contribution in [2.75, 3.05) is 25.0 Å². The summed E-state index contributed by atoms with van der Waals surface area (Å²) in [6, 6.07) is 9.55. The van der Waals surface area contributed by atoms with Crippen LogP contribution in [0.4, 0.5) is 5.69 Å². The van der Waals surface area contributed by atoms with Crippen LogP contribution >= 0.6 is 11.3 Å². The van der Waals surface area contributed by atoms with Gasteiger partial charge in [-0.3, -0.25) is 19.8 Å². The standard InChI is InChI=1S/C22H22N6O2S/c1-14-24-17(13-31-14)11-28-8-9-30-20(12-28)22(29)25-16-2-3-19-18(10-16)21(27-26-19)15-4-6-23-7-5-15/h2-7,10,13,20H,8-9,11-12H2,1H3,(H,25,29)(H,26,27). The fourth-order valence-electron chi connectivity index (χ4n) is 3.76. The Balaban J connectivity index is 1.29. The number of ether oxygens (including phenoxy) is 1. The van der Waals surface area contributed by atoms with Crippen LogP contribution in [0.25, 0.3) is 22.2 Å². The number of thiazole rings is 1. The highest BCUT2D eigenvalue weighted by Gasteiger charge is 2.27. The maximum absolute atomic E-state index is 12.9. The van der Waals surface area contributed by atoms with Crippen LogP contribution in [0.1, 0.15) is 10.7 Å². The molecule has 5 rings (SSSR count). The van der Waals surface area contributed by atoms with Gasteiger partial charge in [0, 0.05) is 54.0 Å². The van der Waals surface area contributed by atoms with Crippen LogP contribution in [0.2, 0.25) is 0 Å². The number of H-pyrrole nitrogens is 1. The van der Waals surface area contributed by atoms with Crippen LogP contribution in [-0.4, -0.2) is 56.8 Å². The van der Waals surface area contributed by atoms with Crippen LogP contribution in [0, 0.1) is 6.92 Å². The number of carbonyl (C=O) groups excluding carboxylic acids is 1. The number of morpholine rings is 1. The number of carbonyl (C=O) groups is 1. The first-order valence-corrected chi connectivity index (χ1v) is 11.0. The number of amides is 1. The molecule has 1 amide bonds. The fraction of sp³-hybridized carbons (Fsp3) is 0.273. The third-order valence-corrected chi connectivity index (χ3v) is 6.10. The Morgan fingerprint density at radius 1 is 1.32 bits per heavy atom. The number of aryl methyl sites for hydroxylation is 1. The molecular formula is C22H22N6O2S. The van der Waals surface area contributed by atoms with E-state index in [2.05, 4.69) is 35.8 Å². The summed E-state index contributed by atoms with van der Waals surface area (Å²) in [4.78, 5) is 23.7. The average molecular weight is 435 g/mol. The highest BCUT2D eigenvalue weighted by molar-refractivity contribution is 7.09. The molecule has 0 spiro atoms. The largest absolute Gasteiger partial charge is 0.366 e. The third kappa shape index (κ3) is 4.34. The number of hydrogen-bond acceptors (Lipinski definition) is 7. The number of aromatic amines is 1. The molecule has 1 unspecified atom stereocenters. The van der Waals surface area contributed by atoms with E-state index in [1.807, 2.05) is 37.3 Å². The molecule has 3 aromatic heterocycles. The van der Waals surface area contributed by atoms with Gasteiger partial charge in [-0.15, -0.1) is 11.3 Å². The quantitative estimate of drug-likeness (QED) is 0.501. The Morgan fingerprint density at radius 3 is 3.00 bits per heavy atom. The Labute approximate surface area is 183 Å². The van der Waals surface area contributed by atoms with E-state index in [0.29, 0.717) is 18.8 Å². The van der Waals surface area contributed by atoms with Gasteiger partial charge in [-0.1, -0.05) is 0 Å². The van der Waals surface area contributed by atoms with Crippen molar-refractivity contribution in [1.29, 1.82) is 0 Å². The van der Waals surface area contributed by atoms with E-state index in [0.717, 1.165) is 46.0 Å². The number of benzene rings is 1. The summed E-state index contributed by atoms with van der Waals surface area (Å²) in [5, 5.41) is 14.5. The Bertz CT molecular complexity index is 1210. The van der Waals surface area contributed by atoms with E-state index in [-0.39, 0.29) is 5.91 Å². The second-order valence-corrected chi connectivity index (χ2v) is 8.57. The average Bonchev–Trinajstić information content (AvgIpc) is 3.40. The van der Waals surface area contributed by atoms with E-state index < -0.39 is 6.10 Å². The molecule has 1 saturated heterocycles. The van der Waals surface area contributed by atoms with Crippen molar-refractivity contribution in [1.82, 2.24) is 25.1 Å². The maximum atomic E-state index is 12.9. The molecule has 9 heteroatoms. The Hall–Kier alpha value is -3.14. The smallest absolute Gasteiger partial charge is 0.254 e. The monoisotopic (exact) mass is 434 g/mol. The molecule has 1 aliphatic rings. The number of nitrogens with zero attached hydrogens (tertiary/aromatic N) is 4. The van der Waals surface area contributed by atoms with Gasteiger partial charge in [0.2, 0.25) is 0 Å². The van der Waals surface area contributed by atoms with Crippen LogP contribution in [0.3, 0.4) is 0 Å². The van der Waals surface area contributed by atoms with Crippen LogP contribution < -0.4 is 5.32 Å². The highest BCUT2D eigenvalue weighted by atomic mass is 32.1. The van der Waals surface area contributed by atoms with Gasteiger partial charge in [0.25, 0.3) is 5.91 Å². The van der Waals surface area contributed by atoms with Crippen molar-refractivity contribution in [2.24, 2.45) is 0 Å². The second kappa shape index (κ2) is 8.54. The number of anilines is 1. The van der Waals surface area contributed by atoms with E-state index >= 15 is 0 Å². The molecule has 1 atom stereocenters. The molecule has 8 nitrogen and oxygen atoms in total. The SMILES string of the molecule is Cc1nc(CN2CCOC(C(=O)Nc3ccc4[nH]nc(-c5ccncc5)c4c3)C2)cs1. The summed E-state index contributed by atoms with van der Waals surface area (Å²) in [5.41, 5.74) is 4.45. The summed E-state index contributed by atoms with van der Waals surface area (Å²) in [7, 11) is 0. The molecule has 2 N–H and O–H groups in total. The normalized spacial score (nSPS) is 17.1. The molecule has 1 aliphatic heterocycles. The number of nitrogens with one attached hydrogen (secondary N) is 2. The van der Waals surface area contributed by atoms with Crippen LogP contribution in [0.15, 0.2) is 48.1 Å². The van der Waals surface area contributed by atoms with Crippen molar-refractivity contribution >= 4 is 33.8 Å². The lowest BCUT2D eigenvalue weighted by Crippen LogP contribution is -2.47. The Kier molecular flexibility index (Phi) is 5.46. The molecular weight excluding hydrogens is 412 g/mol. The van der Waals surface area contributed by atoms with E-state index in [1.165, 1.54) is 0 Å². The van der Waals surface area contributed by atoms with Gasteiger partial charge >= 0.3 is 0 Å². The van der Waals surface area contributed by atoms with Gasteiger partial charge in [-0.05, 0) is 37.3 Å². The lowest BCUT2D eigenvalue weighted by molar-refractivity contribution is -0.133. The van der Waals surface area contributed by atoms with Crippen molar-refractivity contribution in [3.05, 3.63) is 58.8 Å². The zero-order valence-electron chi connectivity index (χ0n) is 17.0. The second-order valence-electron chi connectivity index (χ2n) is 7.51. The predicted molar refractivity (Wildman–Crippen MR) is 120 cm³/mol. The third-order valence-electron chi connectivity index (χ3n) is 5.28. The van der Waals surface area contributed by atoms with Gasteiger partial charge in [0.1, 0.15) is 11.8 Å². The summed E-state index contributed by atoms with van der Waals surface area (Å²) >= 11 is 1.64. The first-order chi connectivity index (χ1) is 15.2. The number of pyridine rings is 1. The number of hydrogen-bond donors (Lipinski definition) is 2. The lowest BCUT2D eigenvalue weighted by atomic mass is 10.1. The Morgan fingerprint density at radius 2 is 2.19 bits per heavy atom. The molecule has 0 aliphatic carbocycles. The fourth-order valence-corrected chi connectivity index (χ4v) is 4.36. The van der Waals surface area contributed by atoms with Crippen LogP contribution in [-0.2, 0) is 16.1 Å². The summed E-state index contributed by atoms with van der Waals surface area (Å²) in [6.07, 6.45) is 2.95. The molecule has 4 heterocycles. The first kappa shape index (κ1) is 19.8. The lowest BCUT2D eigenvalue weighted by Gasteiger charge is -2.31. The molecule has 0 radical (unpaired) electrons. The minimum Gasteiger partial charge on any atom is -0.366 e. The molecule has 31 heavy (non-hydrogen) atoms. The zero-order chi connectivity index (χ0) is 21.2. The first-order valence-electron chi connectivity index (χ1n) is 10.1. The molecule has 0 bridgehead atoms.